The molecule has 0 atom stereocenters. The zero-order valence-corrected chi connectivity index (χ0v) is 9.20. The van der Waals surface area contributed by atoms with Crippen LogP contribution in [-0.4, -0.2) is 40.6 Å². The average molecular weight is 212 g/mol. The summed E-state index contributed by atoms with van der Waals surface area (Å²) in [5, 5.41) is 11.1. The summed E-state index contributed by atoms with van der Waals surface area (Å²) in [6.07, 6.45) is 4.99. The van der Waals surface area contributed by atoms with Crippen LogP contribution in [0.25, 0.3) is 0 Å². The number of rotatable bonds is 3. The summed E-state index contributed by atoms with van der Waals surface area (Å²) in [7, 11) is 0. The molecule has 0 aromatic rings. The Morgan fingerprint density at radius 3 is 2.33 bits per heavy atom. The SMILES string of the molecule is C#CCNC(=O)N(CC(=O)O)C(C)(C)C. The van der Waals surface area contributed by atoms with E-state index in [4.69, 9.17) is 11.5 Å². The largest absolute Gasteiger partial charge is 0.480 e. The second-order valence-corrected chi connectivity index (χ2v) is 4.01. The molecule has 0 aliphatic rings. The van der Waals surface area contributed by atoms with E-state index in [-0.39, 0.29) is 13.1 Å². The van der Waals surface area contributed by atoms with Gasteiger partial charge in [0.1, 0.15) is 6.54 Å². The Kier molecular flexibility index (Phi) is 4.65. The first-order valence-corrected chi connectivity index (χ1v) is 4.49. The highest BCUT2D eigenvalue weighted by Crippen LogP contribution is 2.12. The van der Waals surface area contributed by atoms with Crippen LogP contribution >= 0.6 is 0 Å². The summed E-state index contributed by atoms with van der Waals surface area (Å²) in [5.41, 5.74) is -0.558. The Morgan fingerprint density at radius 2 is 2.00 bits per heavy atom. The van der Waals surface area contributed by atoms with Crippen LogP contribution in [0.2, 0.25) is 0 Å². The van der Waals surface area contributed by atoms with Gasteiger partial charge in [-0.15, -0.1) is 6.42 Å². The van der Waals surface area contributed by atoms with E-state index in [2.05, 4.69) is 11.2 Å². The van der Waals surface area contributed by atoms with Crippen molar-refractivity contribution in [2.24, 2.45) is 0 Å². The predicted molar refractivity (Wildman–Crippen MR) is 56.3 cm³/mol. The number of carbonyl (C=O) groups is 2. The molecule has 2 N–H and O–H groups in total. The maximum atomic E-state index is 11.5. The van der Waals surface area contributed by atoms with Gasteiger partial charge in [-0.2, -0.15) is 0 Å². The van der Waals surface area contributed by atoms with Crippen molar-refractivity contribution >= 4 is 12.0 Å². The highest BCUT2D eigenvalue weighted by molar-refractivity contribution is 5.80. The summed E-state index contributed by atoms with van der Waals surface area (Å²) >= 11 is 0. The van der Waals surface area contributed by atoms with Crippen LogP contribution in [0.15, 0.2) is 0 Å². The van der Waals surface area contributed by atoms with Crippen molar-refractivity contribution in [2.75, 3.05) is 13.1 Å². The number of amides is 2. The molecule has 0 saturated carbocycles. The van der Waals surface area contributed by atoms with E-state index in [0.717, 1.165) is 0 Å². The molecule has 0 radical (unpaired) electrons. The average Bonchev–Trinajstić information content (AvgIpc) is 2.08. The van der Waals surface area contributed by atoms with Crippen LogP contribution in [0.1, 0.15) is 20.8 Å². The molecule has 0 aliphatic carbocycles. The van der Waals surface area contributed by atoms with E-state index in [9.17, 15) is 9.59 Å². The third-order valence-electron chi connectivity index (χ3n) is 1.69. The minimum absolute atomic E-state index is 0.0883. The molecule has 0 aliphatic heterocycles. The van der Waals surface area contributed by atoms with E-state index in [1.807, 2.05) is 0 Å². The number of carbonyl (C=O) groups excluding carboxylic acids is 1. The predicted octanol–water partition coefficient (Wildman–Crippen LogP) is 0.514. The molecule has 0 rings (SSSR count). The summed E-state index contributed by atoms with van der Waals surface area (Å²) in [6, 6.07) is -0.470. The fourth-order valence-electron chi connectivity index (χ4n) is 0.971. The zero-order valence-electron chi connectivity index (χ0n) is 9.20. The van der Waals surface area contributed by atoms with Gasteiger partial charge in [-0.25, -0.2) is 4.79 Å². The minimum Gasteiger partial charge on any atom is -0.480 e. The van der Waals surface area contributed by atoms with Crippen LogP contribution in [-0.2, 0) is 4.79 Å². The molecule has 0 fully saturated rings. The van der Waals surface area contributed by atoms with E-state index in [1.165, 1.54) is 4.90 Å². The van der Waals surface area contributed by atoms with Crippen molar-refractivity contribution in [1.29, 1.82) is 0 Å². The monoisotopic (exact) mass is 212 g/mol. The number of nitrogens with one attached hydrogen (secondary N) is 1. The number of urea groups is 1. The first-order valence-electron chi connectivity index (χ1n) is 4.49. The van der Waals surface area contributed by atoms with Crippen molar-refractivity contribution in [1.82, 2.24) is 10.2 Å². The lowest BCUT2D eigenvalue weighted by atomic mass is 10.1. The third-order valence-corrected chi connectivity index (χ3v) is 1.69. The zero-order chi connectivity index (χ0) is 12.1. The lowest BCUT2D eigenvalue weighted by Crippen LogP contribution is -2.52. The fraction of sp³-hybridized carbons (Fsp3) is 0.600. The van der Waals surface area contributed by atoms with Crippen molar-refractivity contribution in [2.45, 2.75) is 26.3 Å². The first kappa shape index (κ1) is 13.3. The van der Waals surface area contributed by atoms with Crippen molar-refractivity contribution in [3.63, 3.8) is 0 Å². The molecule has 0 aromatic carbocycles. The molecule has 2 amide bonds. The molecule has 0 spiro atoms. The molecule has 0 heterocycles. The Morgan fingerprint density at radius 1 is 1.47 bits per heavy atom. The summed E-state index contributed by atoms with van der Waals surface area (Å²) < 4.78 is 0. The van der Waals surface area contributed by atoms with Crippen LogP contribution in [0.4, 0.5) is 4.79 Å². The highest BCUT2D eigenvalue weighted by Gasteiger charge is 2.27. The van der Waals surface area contributed by atoms with E-state index >= 15 is 0 Å². The molecule has 5 nitrogen and oxygen atoms in total. The Bertz CT molecular complexity index is 286. The van der Waals surface area contributed by atoms with E-state index in [0.29, 0.717) is 0 Å². The van der Waals surface area contributed by atoms with Crippen LogP contribution in [0, 0.1) is 12.3 Å². The van der Waals surface area contributed by atoms with Gasteiger partial charge in [0.05, 0.1) is 6.54 Å². The second kappa shape index (κ2) is 5.25. The molecule has 0 saturated heterocycles. The van der Waals surface area contributed by atoms with Crippen molar-refractivity contribution in [3.05, 3.63) is 0 Å². The van der Waals surface area contributed by atoms with Crippen molar-refractivity contribution in [3.8, 4) is 12.3 Å². The number of hydrogen-bond donors (Lipinski definition) is 2. The highest BCUT2D eigenvalue weighted by atomic mass is 16.4. The first-order chi connectivity index (χ1) is 6.79. The van der Waals surface area contributed by atoms with Gasteiger partial charge >= 0.3 is 12.0 Å². The van der Waals surface area contributed by atoms with Gasteiger partial charge in [-0.3, -0.25) is 4.79 Å². The Labute approximate surface area is 89.4 Å². The topological polar surface area (TPSA) is 69.6 Å². The van der Waals surface area contributed by atoms with E-state index in [1.54, 1.807) is 20.8 Å². The van der Waals surface area contributed by atoms with E-state index < -0.39 is 17.5 Å². The summed E-state index contributed by atoms with van der Waals surface area (Å²) in [6.45, 7) is 5.01. The van der Waals surface area contributed by atoms with Gasteiger partial charge < -0.3 is 15.3 Å². The van der Waals surface area contributed by atoms with Crippen molar-refractivity contribution < 1.29 is 14.7 Å². The third kappa shape index (κ3) is 4.91. The smallest absolute Gasteiger partial charge is 0.323 e. The summed E-state index contributed by atoms with van der Waals surface area (Å²) in [4.78, 5) is 23.3. The summed E-state index contributed by atoms with van der Waals surface area (Å²) in [5.74, 6) is 1.20. The molecule has 84 valence electrons. The number of carboxylic acids is 1. The normalized spacial score (nSPS) is 10.3. The number of hydrogen-bond acceptors (Lipinski definition) is 2. The molecule has 0 unspecified atom stereocenters. The number of terminal acetylenes is 1. The number of aliphatic carboxylic acids is 1. The quantitative estimate of drug-likeness (QED) is 0.670. The van der Waals surface area contributed by atoms with Crippen LogP contribution in [0.3, 0.4) is 0 Å². The standard InChI is InChI=1S/C10H16N2O3/c1-5-6-11-9(15)12(7-8(13)14)10(2,3)4/h1H,6-7H2,2-4H3,(H,11,15)(H,13,14). The molecule has 5 heteroatoms. The molecule has 0 aromatic heterocycles. The molecular formula is C10H16N2O3. The lowest BCUT2D eigenvalue weighted by Gasteiger charge is -2.34. The van der Waals surface area contributed by atoms with Crippen LogP contribution < -0.4 is 5.32 Å². The fourth-order valence-corrected chi connectivity index (χ4v) is 0.971. The van der Waals surface area contributed by atoms with Gasteiger partial charge in [0.25, 0.3) is 0 Å². The molecule has 15 heavy (non-hydrogen) atoms. The number of carboxylic acid groups (broad SMARTS) is 1. The lowest BCUT2D eigenvalue weighted by molar-refractivity contribution is -0.138. The Hall–Kier alpha value is -1.70. The molecule has 0 bridgehead atoms. The van der Waals surface area contributed by atoms with Gasteiger partial charge in [0.2, 0.25) is 0 Å². The van der Waals surface area contributed by atoms with Gasteiger partial charge in [0.15, 0.2) is 0 Å². The van der Waals surface area contributed by atoms with Gasteiger partial charge in [-0.1, -0.05) is 5.92 Å². The minimum atomic E-state index is -1.05. The van der Waals surface area contributed by atoms with Gasteiger partial charge in [0, 0.05) is 5.54 Å². The molecular weight excluding hydrogens is 196 g/mol. The van der Waals surface area contributed by atoms with Gasteiger partial charge in [-0.05, 0) is 20.8 Å². The van der Waals surface area contributed by atoms with Crippen LogP contribution in [0.5, 0.6) is 0 Å². The maximum Gasteiger partial charge on any atom is 0.323 e. The Balaban J connectivity index is 4.57. The second-order valence-electron chi connectivity index (χ2n) is 4.01. The number of nitrogens with zero attached hydrogens (tertiary/aromatic N) is 1. The maximum absolute atomic E-state index is 11.5.